The van der Waals surface area contributed by atoms with Crippen LogP contribution in [0.1, 0.15) is 17.4 Å². The predicted molar refractivity (Wildman–Crippen MR) is 95.1 cm³/mol. The summed E-state index contributed by atoms with van der Waals surface area (Å²) in [5, 5.41) is 2.87. The first kappa shape index (κ1) is 16.4. The number of hydrogen-bond acceptors (Lipinski definition) is 5. The summed E-state index contributed by atoms with van der Waals surface area (Å²) < 4.78 is 21.9. The number of carbonyl (C=O) groups is 1. The molecule has 9 heteroatoms. The fourth-order valence-electron chi connectivity index (χ4n) is 2.20. The van der Waals surface area contributed by atoms with Crippen molar-refractivity contribution in [2.75, 3.05) is 11.9 Å². The first-order valence-corrected chi connectivity index (χ1v) is 8.10. The van der Waals surface area contributed by atoms with E-state index in [0.717, 1.165) is 3.57 Å². The van der Waals surface area contributed by atoms with Crippen LogP contribution in [0.5, 0.6) is 5.88 Å². The lowest BCUT2D eigenvalue weighted by Crippen LogP contribution is -2.17. The summed E-state index contributed by atoms with van der Waals surface area (Å²) in [6, 6.07) is 4.68. The molecule has 3 aromatic rings. The standard InChI is InChI=1S/C15H13FIN5O2/c1-2-24-15-11-6-19-12(13(18)23)14(22(11)7-20-15)21-10-4-3-8(17)5-9(10)16/h3-7,21H,2H2,1H3,(H2,18,23). The summed E-state index contributed by atoms with van der Waals surface area (Å²) in [4.78, 5) is 19.9. The minimum Gasteiger partial charge on any atom is -0.476 e. The number of imidazole rings is 1. The molecule has 1 amide bonds. The molecule has 24 heavy (non-hydrogen) atoms. The van der Waals surface area contributed by atoms with Crippen LogP contribution in [-0.4, -0.2) is 26.9 Å². The number of nitrogens with one attached hydrogen (secondary N) is 1. The van der Waals surface area contributed by atoms with E-state index >= 15 is 0 Å². The number of rotatable bonds is 5. The Morgan fingerprint density at radius 3 is 2.92 bits per heavy atom. The van der Waals surface area contributed by atoms with Crippen LogP contribution >= 0.6 is 22.6 Å². The summed E-state index contributed by atoms with van der Waals surface area (Å²) in [7, 11) is 0. The molecule has 0 bridgehead atoms. The summed E-state index contributed by atoms with van der Waals surface area (Å²) in [6.07, 6.45) is 2.90. The number of primary amides is 1. The third-order valence-electron chi connectivity index (χ3n) is 3.25. The molecule has 0 saturated heterocycles. The first-order valence-electron chi connectivity index (χ1n) is 7.02. The number of ether oxygens (including phenoxy) is 1. The van der Waals surface area contributed by atoms with E-state index in [2.05, 4.69) is 15.3 Å². The number of nitrogens with zero attached hydrogens (tertiary/aromatic N) is 3. The largest absolute Gasteiger partial charge is 0.476 e. The SMILES string of the molecule is CCOc1ncn2c(Nc3ccc(I)cc3F)c(C(N)=O)ncc12. The number of carbonyl (C=O) groups excluding carboxylic acids is 1. The van der Waals surface area contributed by atoms with Crippen LogP contribution in [0.4, 0.5) is 15.9 Å². The number of fused-ring (bicyclic) bond motifs is 1. The second-order valence-electron chi connectivity index (χ2n) is 4.81. The Balaban J connectivity index is 2.16. The first-order chi connectivity index (χ1) is 11.5. The van der Waals surface area contributed by atoms with E-state index in [1.54, 1.807) is 16.5 Å². The number of nitrogens with two attached hydrogens (primary N) is 1. The Hall–Kier alpha value is -2.43. The van der Waals surface area contributed by atoms with Gasteiger partial charge in [0.15, 0.2) is 5.69 Å². The van der Waals surface area contributed by atoms with Gasteiger partial charge in [-0.3, -0.25) is 9.20 Å². The molecule has 0 unspecified atom stereocenters. The molecule has 3 rings (SSSR count). The van der Waals surface area contributed by atoms with Crippen LogP contribution in [0, 0.1) is 9.39 Å². The van der Waals surface area contributed by atoms with Crippen LogP contribution in [0.2, 0.25) is 0 Å². The number of anilines is 2. The summed E-state index contributed by atoms with van der Waals surface area (Å²) >= 11 is 2.01. The Labute approximate surface area is 150 Å². The van der Waals surface area contributed by atoms with Crippen LogP contribution in [0.25, 0.3) is 5.52 Å². The summed E-state index contributed by atoms with van der Waals surface area (Å²) in [5.74, 6) is -0.609. The molecule has 0 saturated carbocycles. The van der Waals surface area contributed by atoms with E-state index in [1.807, 2.05) is 29.5 Å². The molecule has 0 aliphatic rings. The highest BCUT2D eigenvalue weighted by molar-refractivity contribution is 14.1. The molecule has 0 fully saturated rings. The van der Waals surface area contributed by atoms with Gasteiger partial charge in [0.1, 0.15) is 23.5 Å². The molecule has 0 radical (unpaired) electrons. The van der Waals surface area contributed by atoms with Crippen molar-refractivity contribution in [3.63, 3.8) is 0 Å². The quantitative estimate of drug-likeness (QED) is 0.594. The van der Waals surface area contributed by atoms with Crippen LogP contribution in [0.3, 0.4) is 0 Å². The molecule has 3 N–H and O–H groups in total. The van der Waals surface area contributed by atoms with Gasteiger partial charge in [0, 0.05) is 3.57 Å². The topological polar surface area (TPSA) is 94.5 Å². The zero-order chi connectivity index (χ0) is 17.3. The van der Waals surface area contributed by atoms with Crippen molar-refractivity contribution in [1.29, 1.82) is 0 Å². The van der Waals surface area contributed by atoms with Gasteiger partial charge in [-0.25, -0.2) is 14.4 Å². The molecule has 124 valence electrons. The zero-order valence-electron chi connectivity index (χ0n) is 12.6. The molecule has 0 atom stereocenters. The molecular weight excluding hydrogens is 428 g/mol. The number of aromatic nitrogens is 3. The summed E-state index contributed by atoms with van der Waals surface area (Å²) in [6.45, 7) is 2.26. The molecule has 2 aromatic heterocycles. The lowest BCUT2D eigenvalue weighted by atomic mass is 10.3. The van der Waals surface area contributed by atoms with Gasteiger partial charge in [0.2, 0.25) is 5.88 Å². The van der Waals surface area contributed by atoms with E-state index < -0.39 is 11.7 Å². The van der Waals surface area contributed by atoms with E-state index in [1.165, 1.54) is 18.6 Å². The van der Waals surface area contributed by atoms with E-state index in [-0.39, 0.29) is 17.2 Å². The van der Waals surface area contributed by atoms with Crippen molar-refractivity contribution in [1.82, 2.24) is 14.4 Å². The highest BCUT2D eigenvalue weighted by atomic mass is 127. The van der Waals surface area contributed by atoms with Crippen molar-refractivity contribution in [3.05, 3.63) is 45.8 Å². The van der Waals surface area contributed by atoms with E-state index in [0.29, 0.717) is 18.0 Å². The van der Waals surface area contributed by atoms with E-state index in [9.17, 15) is 9.18 Å². The fraction of sp³-hybridized carbons (Fsp3) is 0.133. The lowest BCUT2D eigenvalue weighted by Gasteiger charge is -2.13. The molecule has 7 nitrogen and oxygen atoms in total. The van der Waals surface area contributed by atoms with Crippen molar-refractivity contribution in [2.24, 2.45) is 5.73 Å². The van der Waals surface area contributed by atoms with Gasteiger partial charge in [-0.05, 0) is 47.7 Å². The Bertz CT molecular complexity index is 928. The number of halogens is 2. The maximum absolute atomic E-state index is 14.1. The van der Waals surface area contributed by atoms with E-state index in [4.69, 9.17) is 10.5 Å². The van der Waals surface area contributed by atoms with Gasteiger partial charge in [0.05, 0.1) is 18.5 Å². The zero-order valence-corrected chi connectivity index (χ0v) is 14.7. The van der Waals surface area contributed by atoms with Gasteiger partial charge in [-0.2, -0.15) is 0 Å². The molecule has 0 aliphatic carbocycles. The molecular formula is C15H13FIN5O2. The van der Waals surface area contributed by atoms with Crippen molar-refractivity contribution in [2.45, 2.75) is 6.92 Å². The number of hydrogen-bond donors (Lipinski definition) is 2. The van der Waals surface area contributed by atoms with Gasteiger partial charge in [0.25, 0.3) is 5.91 Å². The van der Waals surface area contributed by atoms with Crippen LogP contribution in [0.15, 0.2) is 30.7 Å². The second-order valence-corrected chi connectivity index (χ2v) is 6.05. The second kappa shape index (κ2) is 6.59. The molecule has 0 aliphatic heterocycles. The smallest absolute Gasteiger partial charge is 0.271 e. The summed E-state index contributed by atoms with van der Waals surface area (Å²) in [5.41, 5.74) is 6.09. The van der Waals surface area contributed by atoms with Crippen LogP contribution in [-0.2, 0) is 0 Å². The third-order valence-corrected chi connectivity index (χ3v) is 3.92. The molecule has 2 heterocycles. The maximum Gasteiger partial charge on any atom is 0.271 e. The normalized spacial score (nSPS) is 10.8. The highest BCUT2D eigenvalue weighted by Crippen LogP contribution is 2.27. The van der Waals surface area contributed by atoms with Crippen molar-refractivity contribution >= 4 is 45.5 Å². The van der Waals surface area contributed by atoms with Crippen molar-refractivity contribution in [3.8, 4) is 5.88 Å². The van der Waals surface area contributed by atoms with Gasteiger partial charge in [-0.15, -0.1) is 0 Å². The van der Waals surface area contributed by atoms with Gasteiger partial charge >= 0.3 is 0 Å². The number of benzene rings is 1. The molecule has 0 spiro atoms. The fourth-order valence-corrected chi connectivity index (χ4v) is 2.66. The minimum atomic E-state index is -0.739. The lowest BCUT2D eigenvalue weighted by molar-refractivity contribution is 0.0996. The Kier molecular flexibility index (Phi) is 4.51. The van der Waals surface area contributed by atoms with Gasteiger partial charge in [-0.1, -0.05) is 0 Å². The van der Waals surface area contributed by atoms with Crippen molar-refractivity contribution < 1.29 is 13.9 Å². The third kappa shape index (κ3) is 2.98. The van der Waals surface area contributed by atoms with Gasteiger partial charge < -0.3 is 15.8 Å². The Morgan fingerprint density at radius 1 is 1.46 bits per heavy atom. The predicted octanol–water partition coefficient (Wildman–Crippen LogP) is 2.71. The van der Waals surface area contributed by atoms with Crippen LogP contribution < -0.4 is 15.8 Å². The highest BCUT2D eigenvalue weighted by Gasteiger charge is 2.18. The Morgan fingerprint density at radius 2 is 2.25 bits per heavy atom. The molecule has 1 aromatic carbocycles. The monoisotopic (exact) mass is 441 g/mol. The average Bonchev–Trinajstić information content (AvgIpc) is 2.94. The maximum atomic E-state index is 14.1. The number of amides is 1. The minimum absolute atomic E-state index is 0.0269. The average molecular weight is 441 g/mol.